The molecule has 2 N–H and O–H groups in total. The van der Waals surface area contributed by atoms with Crippen molar-refractivity contribution in [1.29, 1.82) is 0 Å². The lowest BCUT2D eigenvalue weighted by Crippen LogP contribution is -2.48. The van der Waals surface area contributed by atoms with Gasteiger partial charge in [0.1, 0.15) is 0 Å². The maximum absolute atomic E-state index is 12.1. The lowest BCUT2D eigenvalue weighted by atomic mass is 9.99. The van der Waals surface area contributed by atoms with Gasteiger partial charge in [0.25, 0.3) is 5.69 Å². The highest BCUT2D eigenvalue weighted by Crippen LogP contribution is 2.26. The van der Waals surface area contributed by atoms with Crippen molar-refractivity contribution in [3.63, 3.8) is 0 Å². The number of nitrogens with zero attached hydrogens (tertiary/aromatic N) is 1. The number of nitro benzene ring substituents is 1. The van der Waals surface area contributed by atoms with Crippen LogP contribution in [0.5, 0.6) is 0 Å². The fourth-order valence-corrected chi connectivity index (χ4v) is 3.42. The summed E-state index contributed by atoms with van der Waals surface area (Å²) in [6.07, 6.45) is 4.55. The summed E-state index contributed by atoms with van der Waals surface area (Å²) < 4.78 is 0. The van der Waals surface area contributed by atoms with E-state index in [1.165, 1.54) is 25.0 Å². The zero-order chi connectivity index (χ0) is 14.8. The number of piperidine rings is 1. The monoisotopic (exact) mass is 325 g/mol. The second-order valence-corrected chi connectivity index (χ2v) is 5.98. The molecule has 2 fully saturated rings. The molecule has 1 aromatic carbocycles. The first-order chi connectivity index (χ1) is 10.1. The third-order valence-electron chi connectivity index (χ3n) is 4.32. The summed E-state index contributed by atoms with van der Waals surface area (Å²) in [6.45, 7) is 0. The molecule has 0 radical (unpaired) electrons. The maximum atomic E-state index is 12.1. The van der Waals surface area contributed by atoms with Crippen LogP contribution in [0.25, 0.3) is 0 Å². The third kappa shape index (κ3) is 3.96. The van der Waals surface area contributed by atoms with Crippen LogP contribution in [0.3, 0.4) is 0 Å². The number of nitrogens with one attached hydrogen (secondary N) is 2. The predicted octanol–water partition coefficient (Wildman–Crippen LogP) is 1.96. The molecule has 2 unspecified atom stereocenters. The number of nitro groups is 1. The topological polar surface area (TPSA) is 84.3 Å². The molecule has 1 amide bonds. The van der Waals surface area contributed by atoms with E-state index in [-0.39, 0.29) is 36.5 Å². The molecule has 2 aliphatic heterocycles. The van der Waals surface area contributed by atoms with E-state index in [4.69, 9.17) is 0 Å². The number of rotatable bonds is 4. The molecular formula is C15H20ClN3O3. The van der Waals surface area contributed by atoms with Gasteiger partial charge in [0, 0.05) is 30.3 Å². The number of hydrogen-bond donors (Lipinski definition) is 2. The van der Waals surface area contributed by atoms with Gasteiger partial charge in [-0.3, -0.25) is 14.9 Å². The zero-order valence-corrected chi connectivity index (χ0v) is 13.0. The fourth-order valence-electron chi connectivity index (χ4n) is 3.42. The van der Waals surface area contributed by atoms with Crippen LogP contribution in [0, 0.1) is 10.1 Å². The SMILES string of the molecule is Cl.O=C(Cc1cccc([N+](=O)[O-])c1)NC1CC2CCC(C1)N2. The van der Waals surface area contributed by atoms with Crippen molar-refractivity contribution in [2.45, 2.75) is 50.2 Å². The van der Waals surface area contributed by atoms with Crippen LogP contribution in [0.1, 0.15) is 31.2 Å². The van der Waals surface area contributed by atoms with Crippen LogP contribution in [-0.2, 0) is 11.2 Å². The van der Waals surface area contributed by atoms with E-state index >= 15 is 0 Å². The van der Waals surface area contributed by atoms with E-state index in [2.05, 4.69) is 10.6 Å². The molecule has 120 valence electrons. The van der Waals surface area contributed by atoms with E-state index in [9.17, 15) is 14.9 Å². The molecule has 2 saturated heterocycles. The number of carbonyl (C=O) groups is 1. The van der Waals surface area contributed by atoms with E-state index in [0.29, 0.717) is 17.6 Å². The van der Waals surface area contributed by atoms with Gasteiger partial charge >= 0.3 is 0 Å². The van der Waals surface area contributed by atoms with E-state index < -0.39 is 4.92 Å². The number of non-ortho nitro benzene ring substituents is 1. The normalized spacial score (nSPS) is 26.1. The summed E-state index contributed by atoms with van der Waals surface area (Å²) in [6, 6.07) is 7.57. The van der Waals surface area contributed by atoms with Crippen LogP contribution in [0.2, 0.25) is 0 Å². The standard InChI is InChI=1S/C15H19N3O3.ClH/c19-15(7-10-2-1-3-14(6-10)18(20)21)17-13-8-11-4-5-12(9-13)16-11;/h1-3,6,11-13,16H,4-5,7-9H2,(H,17,19);1H. The second-order valence-electron chi connectivity index (χ2n) is 5.98. The highest BCUT2D eigenvalue weighted by molar-refractivity contribution is 5.85. The molecule has 3 rings (SSSR count). The Kier molecular flexibility index (Phi) is 5.37. The van der Waals surface area contributed by atoms with Gasteiger partial charge in [-0.15, -0.1) is 12.4 Å². The van der Waals surface area contributed by atoms with Crippen molar-refractivity contribution in [3.05, 3.63) is 39.9 Å². The van der Waals surface area contributed by atoms with Crippen molar-refractivity contribution in [2.75, 3.05) is 0 Å². The van der Waals surface area contributed by atoms with E-state index in [0.717, 1.165) is 12.8 Å². The van der Waals surface area contributed by atoms with Gasteiger partial charge in [-0.1, -0.05) is 12.1 Å². The van der Waals surface area contributed by atoms with Crippen molar-refractivity contribution in [2.24, 2.45) is 0 Å². The quantitative estimate of drug-likeness (QED) is 0.654. The van der Waals surface area contributed by atoms with Gasteiger partial charge in [0.05, 0.1) is 11.3 Å². The molecule has 2 atom stereocenters. The molecule has 1 aromatic rings. The van der Waals surface area contributed by atoms with Crippen molar-refractivity contribution in [3.8, 4) is 0 Å². The average molecular weight is 326 g/mol. The summed E-state index contributed by atoms with van der Waals surface area (Å²) in [5.74, 6) is -0.0539. The molecular weight excluding hydrogens is 306 g/mol. The lowest BCUT2D eigenvalue weighted by Gasteiger charge is -2.29. The van der Waals surface area contributed by atoms with Crippen molar-refractivity contribution in [1.82, 2.24) is 10.6 Å². The number of benzene rings is 1. The number of carbonyl (C=O) groups excluding carboxylic acids is 1. The fraction of sp³-hybridized carbons (Fsp3) is 0.533. The van der Waals surface area contributed by atoms with Crippen LogP contribution in [-0.4, -0.2) is 29.0 Å². The van der Waals surface area contributed by atoms with E-state index in [1.54, 1.807) is 12.1 Å². The Balaban J connectivity index is 0.00000176. The number of fused-ring (bicyclic) bond motifs is 2. The summed E-state index contributed by atoms with van der Waals surface area (Å²) >= 11 is 0. The maximum Gasteiger partial charge on any atom is 0.269 e. The third-order valence-corrected chi connectivity index (χ3v) is 4.32. The highest BCUT2D eigenvalue weighted by Gasteiger charge is 2.33. The molecule has 6 nitrogen and oxygen atoms in total. The molecule has 0 aromatic heterocycles. The first-order valence-corrected chi connectivity index (χ1v) is 7.39. The first-order valence-electron chi connectivity index (χ1n) is 7.39. The Hall–Kier alpha value is -1.66. The van der Waals surface area contributed by atoms with Crippen LogP contribution >= 0.6 is 12.4 Å². The Morgan fingerprint density at radius 2 is 2.00 bits per heavy atom. The second kappa shape index (κ2) is 7.07. The van der Waals surface area contributed by atoms with Crippen LogP contribution in [0.15, 0.2) is 24.3 Å². The van der Waals surface area contributed by atoms with Crippen molar-refractivity contribution >= 4 is 24.0 Å². The van der Waals surface area contributed by atoms with Gasteiger partial charge < -0.3 is 10.6 Å². The summed E-state index contributed by atoms with van der Waals surface area (Å²) in [5, 5.41) is 17.3. The van der Waals surface area contributed by atoms with Crippen LogP contribution < -0.4 is 10.6 Å². The Bertz CT molecular complexity index is 555. The summed E-state index contributed by atoms with van der Waals surface area (Å²) in [5.41, 5.74) is 0.707. The Morgan fingerprint density at radius 3 is 2.64 bits per heavy atom. The van der Waals surface area contributed by atoms with E-state index in [1.807, 2.05) is 0 Å². The first kappa shape index (κ1) is 16.7. The Morgan fingerprint density at radius 1 is 1.32 bits per heavy atom. The molecule has 0 saturated carbocycles. The molecule has 2 aliphatic rings. The molecule has 0 spiro atoms. The molecule has 2 heterocycles. The minimum atomic E-state index is -0.439. The van der Waals surface area contributed by atoms with Gasteiger partial charge in [0.2, 0.25) is 5.91 Å². The molecule has 2 bridgehead atoms. The van der Waals surface area contributed by atoms with Gasteiger partial charge in [0.15, 0.2) is 0 Å². The largest absolute Gasteiger partial charge is 0.353 e. The summed E-state index contributed by atoms with van der Waals surface area (Å²) in [7, 11) is 0. The number of halogens is 1. The van der Waals surface area contributed by atoms with Crippen LogP contribution in [0.4, 0.5) is 5.69 Å². The minimum Gasteiger partial charge on any atom is -0.353 e. The highest BCUT2D eigenvalue weighted by atomic mass is 35.5. The predicted molar refractivity (Wildman–Crippen MR) is 85.2 cm³/mol. The average Bonchev–Trinajstić information content (AvgIpc) is 2.78. The summed E-state index contributed by atoms with van der Waals surface area (Å²) in [4.78, 5) is 22.4. The molecule has 22 heavy (non-hydrogen) atoms. The molecule has 0 aliphatic carbocycles. The number of amides is 1. The zero-order valence-electron chi connectivity index (χ0n) is 12.2. The van der Waals surface area contributed by atoms with Gasteiger partial charge in [-0.2, -0.15) is 0 Å². The minimum absolute atomic E-state index is 0. The lowest BCUT2D eigenvalue weighted by molar-refractivity contribution is -0.384. The van der Waals surface area contributed by atoms with Crippen molar-refractivity contribution < 1.29 is 9.72 Å². The van der Waals surface area contributed by atoms with Gasteiger partial charge in [-0.05, 0) is 31.2 Å². The molecule has 7 heteroatoms. The smallest absolute Gasteiger partial charge is 0.269 e. The van der Waals surface area contributed by atoms with Gasteiger partial charge in [-0.25, -0.2) is 0 Å². The number of hydrogen-bond acceptors (Lipinski definition) is 4. The Labute approximate surface area is 135 Å².